The van der Waals surface area contributed by atoms with Gasteiger partial charge in [-0.1, -0.05) is 15.9 Å². The number of primary amides is 1. The average molecular weight is 629 g/mol. The maximum atomic E-state index is 13.4. The highest BCUT2D eigenvalue weighted by molar-refractivity contribution is 9.10. The SMILES string of the molecule is Cc1cc(Br)cc(C(N)=O)c1NC(=O)c1cc(Cn2nnnc2C(F)(F)F)nn1-c1ncccc1Br. The van der Waals surface area contributed by atoms with E-state index >= 15 is 0 Å². The maximum absolute atomic E-state index is 13.4. The molecular formula is C20H14Br2F3N9O2. The Morgan fingerprint density at radius 2 is 1.94 bits per heavy atom. The van der Waals surface area contributed by atoms with Gasteiger partial charge < -0.3 is 11.1 Å². The molecule has 0 atom stereocenters. The van der Waals surface area contributed by atoms with E-state index in [0.717, 1.165) is 4.68 Å². The highest BCUT2D eigenvalue weighted by Crippen LogP contribution is 2.29. The second kappa shape index (κ2) is 9.77. The number of halogens is 5. The van der Waals surface area contributed by atoms with Gasteiger partial charge in [0.25, 0.3) is 17.6 Å². The van der Waals surface area contributed by atoms with Crippen LogP contribution < -0.4 is 11.1 Å². The minimum atomic E-state index is -4.79. The van der Waals surface area contributed by atoms with Gasteiger partial charge in [-0.2, -0.15) is 18.3 Å². The first-order valence-electron chi connectivity index (χ1n) is 9.90. The molecule has 0 spiro atoms. The van der Waals surface area contributed by atoms with Crippen LogP contribution in [0.1, 0.15) is 37.9 Å². The largest absolute Gasteiger partial charge is 0.453 e. The van der Waals surface area contributed by atoms with Gasteiger partial charge in [0.15, 0.2) is 5.82 Å². The number of anilines is 1. The lowest BCUT2D eigenvalue weighted by molar-refractivity contribution is -0.147. The summed E-state index contributed by atoms with van der Waals surface area (Å²) < 4.78 is 42.4. The highest BCUT2D eigenvalue weighted by Gasteiger charge is 2.38. The van der Waals surface area contributed by atoms with Crippen molar-refractivity contribution in [1.82, 2.24) is 35.0 Å². The van der Waals surface area contributed by atoms with Crippen LogP contribution >= 0.6 is 31.9 Å². The molecule has 0 saturated carbocycles. The van der Waals surface area contributed by atoms with Crippen molar-refractivity contribution >= 4 is 49.4 Å². The molecule has 0 aliphatic carbocycles. The third-order valence-electron chi connectivity index (χ3n) is 4.83. The first-order valence-corrected chi connectivity index (χ1v) is 11.5. The van der Waals surface area contributed by atoms with Gasteiger partial charge in [0.1, 0.15) is 5.69 Å². The zero-order valence-electron chi connectivity index (χ0n) is 18.1. The van der Waals surface area contributed by atoms with Crippen LogP contribution in [0.15, 0.2) is 45.5 Å². The number of tetrazole rings is 1. The number of carbonyl (C=O) groups is 2. The van der Waals surface area contributed by atoms with Crippen LogP contribution in [0.2, 0.25) is 0 Å². The Hall–Kier alpha value is -3.66. The van der Waals surface area contributed by atoms with E-state index in [4.69, 9.17) is 5.73 Å². The molecule has 0 radical (unpaired) electrons. The molecular weight excluding hydrogens is 615 g/mol. The normalized spacial score (nSPS) is 11.5. The summed E-state index contributed by atoms with van der Waals surface area (Å²) in [4.78, 5) is 29.5. The molecule has 0 bridgehead atoms. The van der Waals surface area contributed by atoms with E-state index in [1.807, 2.05) is 0 Å². The Bertz CT molecular complexity index is 1480. The van der Waals surface area contributed by atoms with E-state index in [1.54, 1.807) is 25.1 Å². The molecule has 0 saturated heterocycles. The lowest BCUT2D eigenvalue weighted by Gasteiger charge is -2.14. The van der Waals surface area contributed by atoms with E-state index in [9.17, 15) is 22.8 Å². The Balaban J connectivity index is 1.78. The number of carbonyl (C=O) groups excluding carboxylic acids is 2. The number of hydrogen-bond donors (Lipinski definition) is 2. The van der Waals surface area contributed by atoms with Gasteiger partial charge in [0, 0.05) is 10.7 Å². The minimum Gasteiger partial charge on any atom is -0.366 e. The zero-order valence-corrected chi connectivity index (χ0v) is 21.3. The summed E-state index contributed by atoms with van der Waals surface area (Å²) in [5, 5.41) is 16.4. The number of aromatic nitrogens is 7. The Kier molecular flexibility index (Phi) is 6.90. The van der Waals surface area contributed by atoms with Crippen molar-refractivity contribution in [3.63, 3.8) is 0 Å². The smallest absolute Gasteiger partial charge is 0.366 e. The standard InChI is InChI=1S/C20H14Br2F3N9O2/c1-9-5-10(21)6-12(16(26)35)15(9)28-18(36)14-7-11(8-33-19(20(23,24)25)29-31-32-33)30-34(14)17-13(22)3-2-4-27-17/h2-7H,8H2,1H3,(H2,26,35)(H,28,36). The first kappa shape index (κ1) is 25.4. The average Bonchev–Trinajstić information content (AvgIpc) is 3.43. The van der Waals surface area contributed by atoms with Crippen molar-refractivity contribution in [2.24, 2.45) is 5.73 Å². The molecule has 0 aliphatic heterocycles. The van der Waals surface area contributed by atoms with Crippen LogP contribution in [0, 0.1) is 6.92 Å². The van der Waals surface area contributed by atoms with Crippen molar-refractivity contribution in [3.8, 4) is 5.82 Å². The van der Waals surface area contributed by atoms with Gasteiger partial charge in [0.2, 0.25) is 0 Å². The van der Waals surface area contributed by atoms with Gasteiger partial charge in [-0.3, -0.25) is 9.59 Å². The summed E-state index contributed by atoms with van der Waals surface area (Å²) >= 11 is 6.61. The number of alkyl halides is 3. The third-order valence-corrected chi connectivity index (χ3v) is 5.91. The number of aryl methyl sites for hydroxylation is 1. The number of benzene rings is 1. The minimum absolute atomic E-state index is 0.0400. The van der Waals surface area contributed by atoms with Crippen molar-refractivity contribution in [2.75, 3.05) is 5.32 Å². The molecule has 36 heavy (non-hydrogen) atoms. The van der Waals surface area contributed by atoms with Gasteiger partial charge in [-0.25, -0.2) is 14.3 Å². The first-order chi connectivity index (χ1) is 17.0. The lowest BCUT2D eigenvalue weighted by atomic mass is 10.1. The predicted octanol–water partition coefficient (Wildman–Crippen LogP) is 3.51. The summed E-state index contributed by atoms with van der Waals surface area (Å²) in [6.45, 7) is 1.19. The monoisotopic (exact) mass is 627 g/mol. The molecule has 16 heteroatoms. The summed E-state index contributed by atoms with van der Waals surface area (Å²) in [7, 11) is 0. The molecule has 4 rings (SSSR count). The maximum Gasteiger partial charge on any atom is 0.453 e. The van der Waals surface area contributed by atoms with Crippen molar-refractivity contribution < 1.29 is 22.8 Å². The summed E-state index contributed by atoms with van der Waals surface area (Å²) in [6.07, 6.45) is -3.34. The molecule has 1 aromatic carbocycles. The van der Waals surface area contributed by atoms with Crippen molar-refractivity contribution in [2.45, 2.75) is 19.6 Å². The summed E-state index contributed by atoms with van der Waals surface area (Å²) in [5.74, 6) is -2.61. The third kappa shape index (κ3) is 5.13. The Morgan fingerprint density at radius 1 is 1.19 bits per heavy atom. The molecule has 186 valence electrons. The molecule has 3 N–H and O–H groups in total. The Morgan fingerprint density at radius 3 is 2.61 bits per heavy atom. The fourth-order valence-electron chi connectivity index (χ4n) is 3.31. The Labute approximate surface area is 217 Å². The van der Waals surface area contributed by atoms with E-state index in [1.165, 1.54) is 18.3 Å². The van der Waals surface area contributed by atoms with E-state index in [-0.39, 0.29) is 28.5 Å². The quantitative estimate of drug-likeness (QED) is 0.332. The van der Waals surface area contributed by atoms with E-state index in [0.29, 0.717) is 19.2 Å². The molecule has 2 amide bonds. The predicted molar refractivity (Wildman–Crippen MR) is 126 cm³/mol. The molecule has 3 aromatic heterocycles. The molecule has 4 aromatic rings. The van der Waals surface area contributed by atoms with Crippen LogP contribution in [0.5, 0.6) is 0 Å². The molecule has 0 fully saturated rings. The van der Waals surface area contributed by atoms with E-state index in [2.05, 4.69) is 62.8 Å². The number of pyridine rings is 1. The van der Waals surface area contributed by atoms with Crippen LogP contribution in [0.25, 0.3) is 5.82 Å². The van der Waals surface area contributed by atoms with Crippen LogP contribution in [0.4, 0.5) is 18.9 Å². The van der Waals surface area contributed by atoms with Gasteiger partial charge in [-0.05, 0) is 69.2 Å². The molecule has 11 nitrogen and oxygen atoms in total. The molecule has 0 aliphatic rings. The zero-order chi connectivity index (χ0) is 26.2. The number of nitrogens with zero attached hydrogens (tertiary/aromatic N) is 7. The fraction of sp³-hybridized carbons (Fsp3) is 0.150. The second-order valence-electron chi connectivity index (χ2n) is 7.36. The van der Waals surface area contributed by atoms with Crippen molar-refractivity contribution in [1.29, 1.82) is 0 Å². The lowest BCUT2D eigenvalue weighted by Crippen LogP contribution is -2.21. The van der Waals surface area contributed by atoms with Crippen molar-refractivity contribution in [3.05, 3.63) is 73.8 Å². The number of amides is 2. The number of nitrogens with one attached hydrogen (secondary N) is 1. The van der Waals surface area contributed by atoms with E-state index < -0.39 is 30.4 Å². The number of rotatable bonds is 6. The molecule has 0 unspecified atom stereocenters. The van der Waals surface area contributed by atoms with Crippen LogP contribution in [0.3, 0.4) is 0 Å². The van der Waals surface area contributed by atoms with Gasteiger partial charge >= 0.3 is 6.18 Å². The van der Waals surface area contributed by atoms with Gasteiger partial charge in [0.05, 0.1) is 28.0 Å². The number of nitrogens with two attached hydrogens (primary N) is 1. The molecule has 3 heterocycles. The van der Waals surface area contributed by atoms with Crippen LogP contribution in [-0.4, -0.2) is 46.8 Å². The van der Waals surface area contributed by atoms with Gasteiger partial charge in [-0.15, -0.1) is 5.10 Å². The summed E-state index contributed by atoms with van der Waals surface area (Å²) in [6, 6.07) is 7.70. The fourth-order valence-corrected chi connectivity index (χ4v) is 4.31. The van der Waals surface area contributed by atoms with Crippen LogP contribution in [-0.2, 0) is 12.7 Å². The summed E-state index contributed by atoms with van der Waals surface area (Å²) in [5.41, 5.74) is 6.21. The topological polar surface area (TPSA) is 146 Å². The second-order valence-corrected chi connectivity index (χ2v) is 9.13. The highest BCUT2D eigenvalue weighted by atomic mass is 79.9. The number of hydrogen-bond acceptors (Lipinski definition) is 7.